The molecule has 2 N–H and O–H groups in total. The SMILES string of the molecule is CCc1[nH][nH]c(=O)c1Cc1ccc(SC)cc1. The van der Waals surface area contributed by atoms with Crippen molar-refractivity contribution in [3.63, 3.8) is 0 Å². The average molecular weight is 248 g/mol. The average Bonchev–Trinajstić information content (AvgIpc) is 2.71. The third-order valence-corrected chi connectivity index (χ3v) is 3.60. The standard InChI is InChI=1S/C13H16N2OS/c1-3-12-11(13(16)15-14-12)8-9-4-6-10(17-2)7-5-9/h4-7H,3,8H2,1-2H3,(H2,14,15,16). The number of aryl methyl sites for hydroxylation is 1. The van der Waals surface area contributed by atoms with E-state index in [9.17, 15) is 4.79 Å². The first kappa shape index (κ1) is 12.0. The molecule has 0 aliphatic rings. The molecule has 0 atom stereocenters. The van der Waals surface area contributed by atoms with Gasteiger partial charge in [-0.1, -0.05) is 19.1 Å². The first-order valence-electron chi connectivity index (χ1n) is 5.66. The van der Waals surface area contributed by atoms with Gasteiger partial charge in [0, 0.05) is 22.6 Å². The molecular formula is C13H16N2OS. The first-order valence-corrected chi connectivity index (χ1v) is 6.88. The number of thioether (sulfide) groups is 1. The fraction of sp³-hybridized carbons (Fsp3) is 0.308. The predicted molar refractivity (Wildman–Crippen MR) is 71.8 cm³/mol. The molecule has 0 unspecified atom stereocenters. The fourth-order valence-corrected chi connectivity index (χ4v) is 2.26. The van der Waals surface area contributed by atoms with Crippen LogP contribution in [0.3, 0.4) is 0 Å². The number of rotatable bonds is 4. The summed E-state index contributed by atoms with van der Waals surface area (Å²) in [7, 11) is 0. The lowest BCUT2D eigenvalue weighted by molar-refractivity contribution is 0.956. The van der Waals surface area contributed by atoms with Crippen molar-refractivity contribution in [3.8, 4) is 0 Å². The summed E-state index contributed by atoms with van der Waals surface area (Å²) in [5, 5.41) is 5.57. The highest BCUT2D eigenvalue weighted by Crippen LogP contribution is 2.16. The van der Waals surface area contributed by atoms with Gasteiger partial charge < -0.3 is 5.10 Å². The van der Waals surface area contributed by atoms with Gasteiger partial charge in [0.15, 0.2) is 0 Å². The quantitative estimate of drug-likeness (QED) is 0.817. The van der Waals surface area contributed by atoms with Crippen LogP contribution in [0.5, 0.6) is 0 Å². The lowest BCUT2D eigenvalue weighted by Crippen LogP contribution is -2.07. The van der Waals surface area contributed by atoms with Gasteiger partial charge in [0.2, 0.25) is 0 Å². The van der Waals surface area contributed by atoms with Gasteiger partial charge in [0.25, 0.3) is 5.56 Å². The van der Waals surface area contributed by atoms with Crippen LogP contribution in [0.4, 0.5) is 0 Å². The third-order valence-electron chi connectivity index (χ3n) is 2.86. The molecule has 90 valence electrons. The summed E-state index contributed by atoms with van der Waals surface area (Å²) in [6.07, 6.45) is 3.59. The number of nitrogens with one attached hydrogen (secondary N) is 2. The van der Waals surface area contributed by atoms with E-state index in [-0.39, 0.29) is 5.56 Å². The van der Waals surface area contributed by atoms with Crippen molar-refractivity contribution < 1.29 is 0 Å². The lowest BCUT2D eigenvalue weighted by Gasteiger charge is -2.02. The Bertz CT molecular complexity index is 539. The molecule has 1 heterocycles. The number of aromatic amines is 2. The zero-order chi connectivity index (χ0) is 12.3. The highest BCUT2D eigenvalue weighted by Gasteiger charge is 2.08. The largest absolute Gasteiger partial charge is 0.302 e. The Hall–Kier alpha value is -1.42. The van der Waals surface area contributed by atoms with Gasteiger partial charge in [-0.3, -0.25) is 9.89 Å². The molecule has 1 aromatic heterocycles. The summed E-state index contributed by atoms with van der Waals surface area (Å²) in [5.41, 5.74) is 3.02. The van der Waals surface area contributed by atoms with Crippen LogP contribution in [-0.2, 0) is 12.8 Å². The zero-order valence-electron chi connectivity index (χ0n) is 10.0. The predicted octanol–water partition coefficient (Wildman–Crippen LogP) is 2.58. The zero-order valence-corrected chi connectivity index (χ0v) is 10.9. The molecule has 2 rings (SSSR count). The molecule has 0 spiro atoms. The second-order valence-corrected chi connectivity index (χ2v) is 4.79. The van der Waals surface area contributed by atoms with Crippen LogP contribution in [0.1, 0.15) is 23.7 Å². The molecule has 1 aromatic carbocycles. The molecule has 2 aromatic rings. The number of aromatic nitrogens is 2. The van der Waals surface area contributed by atoms with E-state index in [0.717, 1.165) is 17.7 Å². The number of H-pyrrole nitrogens is 2. The van der Waals surface area contributed by atoms with Crippen molar-refractivity contribution in [3.05, 3.63) is 51.4 Å². The Morgan fingerprint density at radius 1 is 1.18 bits per heavy atom. The summed E-state index contributed by atoms with van der Waals surface area (Å²) in [4.78, 5) is 12.9. The van der Waals surface area contributed by atoms with Crippen molar-refractivity contribution in [2.24, 2.45) is 0 Å². The van der Waals surface area contributed by atoms with Crippen molar-refractivity contribution >= 4 is 11.8 Å². The Balaban J connectivity index is 2.24. The molecule has 4 heteroatoms. The molecule has 0 bridgehead atoms. The number of hydrogen-bond donors (Lipinski definition) is 2. The van der Waals surface area contributed by atoms with Crippen LogP contribution in [-0.4, -0.2) is 16.5 Å². The molecule has 0 aliphatic carbocycles. The minimum absolute atomic E-state index is 0.00390. The van der Waals surface area contributed by atoms with Crippen molar-refractivity contribution in [2.45, 2.75) is 24.7 Å². The molecule has 0 amide bonds. The Morgan fingerprint density at radius 3 is 2.47 bits per heavy atom. The number of hydrogen-bond acceptors (Lipinski definition) is 2. The van der Waals surface area contributed by atoms with E-state index >= 15 is 0 Å². The van der Waals surface area contributed by atoms with Gasteiger partial charge >= 0.3 is 0 Å². The Morgan fingerprint density at radius 2 is 1.88 bits per heavy atom. The molecule has 0 radical (unpaired) electrons. The number of benzene rings is 1. The molecule has 0 saturated carbocycles. The maximum atomic E-state index is 11.6. The molecule has 3 nitrogen and oxygen atoms in total. The van der Waals surface area contributed by atoms with Crippen LogP contribution >= 0.6 is 11.8 Å². The van der Waals surface area contributed by atoms with Gasteiger partial charge in [0.05, 0.1) is 0 Å². The third kappa shape index (κ3) is 2.64. The topological polar surface area (TPSA) is 48.6 Å². The minimum atomic E-state index is -0.00390. The van der Waals surface area contributed by atoms with Gasteiger partial charge in [-0.2, -0.15) is 0 Å². The highest BCUT2D eigenvalue weighted by molar-refractivity contribution is 7.98. The summed E-state index contributed by atoms with van der Waals surface area (Å²) in [6, 6.07) is 8.34. The maximum Gasteiger partial charge on any atom is 0.267 e. The summed E-state index contributed by atoms with van der Waals surface area (Å²) < 4.78 is 0. The van der Waals surface area contributed by atoms with Crippen LogP contribution in [0.2, 0.25) is 0 Å². The Labute approximate surface area is 105 Å². The van der Waals surface area contributed by atoms with Crippen LogP contribution in [0.25, 0.3) is 0 Å². The van der Waals surface area contributed by atoms with Crippen molar-refractivity contribution in [1.82, 2.24) is 10.2 Å². The fourth-order valence-electron chi connectivity index (χ4n) is 1.86. The molecule has 0 fully saturated rings. The van der Waals surface area contributed by atoms with E-state index in [4.69, 9.17) is 0 Å². The first-order chi connectivity index (χ1) is 8.24. The van der Waals surface area contributed by atoms with Crippen molar-refractivity contribution in [2.75, 3.05) is 6.26 Å². The van der Waals surface area contributed by atoms with Crippen molar-refractivity contribution in [1.29, 1.82) is 0 Å². The summed E-state index contributed by atoms with van der Waals surface area (Å²) in [5.74, 6) is 0. The van der Waals surface area contributed by atoms with Gasteiger partial charge in [-0.15, -0.1) is 11.8 Å². The maximum absolute atomic E-state index is 11.6. The molecule has 0 aliphatic heterocycles. The molecular weight excluding hydrogens is 232 g/mol. The Kier molecular flexibility index (Phi) is 3.74. The van der Waals surface area contributed by atoms with E-state index in [1.165, 1.54) is 10.5 Å². The monoisotopic (exact) mass is 248 g/mol. The van der Waals surface area contributed by atoms with Gasteiger partial charge in [-0.05, 0) is 30.4 Å². The van der Waals surface area contributed by atoms with Gasteiger partial charge in [-0.25, -0.2) is 0 Å². The van der Waals surface area contributed by atoms with E-state index < -0.39 is 0 Å². The van der Waals surface area contributed by atoms with Crippen LogP contribution in [0.15, 0.2) is 34.0 Å². The second kappa shape index (κ2) is 5.27. The van der Waals surface area contributed by atoms with E-state index in [2.05, 4.69) is 40.7 Å². The van der Waals surface area contributed by atoms with E-state index in [1.54, 1.807) is 11.8 Å². The van der Waals surface area contributed by atoms with E-state index in [0.29, 0.717) is 6.42 Å². The summed E-state index contributed by atoms with van der Waals surface area (Å²) in [6.45, 7) is 2.04. The summed E-state index contributed by atoms with van der Waals surface area (Å²) >= 11 is 1.72. The molecule has 0 saturated heterocycles. The lowest BCUT2D eigenvalue weighted by atomic mass is 10.0. The van der Waals surface area contributed by atoms with E-state index in [1.807, 2.05) is 6.92 Å². The van der Waals surface area contributed by atoms with Gasteiger partial charge in [0.1, 0.15) is 0 Å². The smallest absolute Gasteiger partial charge is 0.267 e. The minimum Gasteiger partial charge on any atom is -0.302 e. The van der Waals surface area contributed by atoms with Crippen LogP contribution in [0, 0.1) is 0 Å². The normalized spacial score (nSPS) is 10.7. The second-order valence-electron chi connectivity index (χ2n) is 3.91. The molecule has 17 heavy (non-hydrogen) atoms. The highest BCUT2D eigenvalue weighted by atomic mass is 32.2. The van der Waals surface area contributed by atoms with Crippen LogP contribution < -0.4 is 5.56 Å².